The lowest BCUT2D eigenvalue weighted by Crippen LogP contribution is -2.08. The lowest BCUT2D eigenvalue weighted by atomic mass is 10.1. The average Bonchev–Trinajstić information content (AvgIpc) is 3.03. The molecule has 0 N–H and O–H groups in total. The van der Waals surface area contributed by atoms with E-state index in [4.69, 9.17) is 4.74 Å². The molecular weight excluding hydrogens is 316 g/mol. The van der Waals surface area contributed by atoms with Crippen molar-refractivity contribution in [3.05, 3.63) is 78.2 Å². The van der Waals surface area contributed by atoms with E-state index in [1.165, 1.54) is 0 Å². The number of aryl methyl sites for hydroxylation is 1. The van der Waals surface area contributed by atoms with Crippen LogP contribution in [0.2, 0.25) is 0 Å². The van der Waals surface area contributed by atoms with Gasteiger partial charge in [0.2, 0.25) is 0 Å². The Balaban J connectivity index is 1.60. The number of benzene rings is 2. The zero-order valence-electron chi connectivity index (χ0n) is 13.5. The molecule has 0 aliphatic rings. The van der Waals surface area contributed by atoms with Crippen molar-refractivity contribution >= 4 is 11.7 Å². The predicted molar refractivity (Wildman–Crippen MR) is 92.4 cm³/mol. The molecule has 0 aliphatic carbocycles. The van der Waals surface area contributed by atoms with Crippen molar-refractivity contribution in [3.8, 4) is 17.0 Å². The van der Waals surface area contributed by atoms with Crippen LogP contribution in [-0.2, 0) is 0 Å². The number of hydrogen-bond donors (Lipinski definition) is 0. The van der Waals surface area contributed by atoms with Crippen LogP contribution in [0, 0.1) is 6.92 Å². The Kier molecular flexibility index (Phi) is 3.70. The zero-order chi connectivity index (χ0) is 17.2. The molecule has 0 saturated carbocycles. The van der Waals surface area contributed by atoms with E-state index in [1.807, 2.05) is 31.2 Å². The van der Waals surface area contributed by atoms with Crippen LogP contribution < -0.4 is 4.74 Å². The van der Waals surface area contributed by atoms with Gasteiger partial charge in [0.15, 0.2) is 0 Å². The molecule has 2 aromatic heterocycles. The van der Waals surface area contributed by atoms with Gasteiger partial charge in [-0.2, -0.15) is 9.50 Å². The monoisotopic (exact) mass is 330 g/mol. The molecule has 4 aromatic rings. The van der Waals surface area contributed by atoms with Crippen molar-refractivity contribution in [2.45, 2.75) is 6.92 Å². The van der Waals surface area contributed by atoms with Gasteiger partial charge in [-0.05, 0) is 49.4 Å². The summed E-state index contributed by atoms with van der Waals surface area (Å²) >= 11 is 0. The van der Waals surface area contributed by atoms with Gasteiger partial charge in [-0.15, -0.1) is 5.10 Å². The summed E-state index contributed by atoms with van der Waals surface area (Å²) in [5, 5.41) is 4.36. The molecule has 0 bridgehead atoms. The van der Waals surface area contributed by atoms with Crippen LogP contribution in [0.1, 0.15) is 16.2 Å². The maximum absolute atomic E-state index is 12.1. The van der Waals surface area contributed by atoms with Crippen molar-refractivity contribution in [3.63, 3.8) is 0 Å². The minimum atomic E-state index is -0.383. The topological polar surface area (TPSA) is 69.4 Å². The second-order valence-corrected chi connectivity index (χ2v) is 5.48. The molecular formula is C19H14N4O2. The molecule has 0 unspecified atom stereocenters. The Bertz CT molecular complexity index is 1040. The fourth-order valence-corrected chi connectivity index (χ4v) is 2.55. The molecule has 0 atom stereocenters. The van der Waals surface area contributed by atoms with Crippen LogP contribution >= 0.6 is 0 Å². The largest absolute Gasteiger partial charge is 0.423 e. The van der Waals surface area contributed by atoms with Crippen LogP contribution in [0.3, 0.4) is 0 Å². The smallest absolute Gasteiger partial charge is 0.343 e. The van der Waals surface area contributed by atoms with Crippen molar-refractivity contribution < 1.29 is 9.53 Å². The maximum Gasteiger partial charge on any atom is 0.343 e. The lowest BCUT2D eigenvalue weighted by Gasteiger charge is -2.07. The Hall–Kier alpha value is -3.54. The van der Waals surface area contributed by atoms with E-state index >= 15 is 0 Å². The molecule has 0 aliphatic heterocycles. The van der Waals surface area contributed by atoms with E-state index in [0.717, 1.165) is 11.3 Å². The Morgan fingerprint density at radius 2 is 1.76 bits per heavy atom. The first-order valence-corrected chi connectivity index (χ1v) is 7.77. The number of carbonyl (C=O) groups is 1. The van der Waals surface area contributed by atoms with Gasteiger partial charge in [0.1, 0.15) is 11.6 Å². The lowest BCUT2D eigenvalue weighted by molar-refractivity contribution is 0.0735. The second-order valence-electron chi connectivity index (χ2n) is 5.48. The number of aromatic nitrogens is 4. The summed E-state index contributed by atoms with van der Waals surface area (Å²) in [7, 11) is 0. The first kappa shape index (κ1) is 15.0. The fourth-order valence-electron chi connectivity index (χ4n) is 2.55. The Morgan fingerprint density at radius 1 is 1.00 bits per heavy atom. The number of esters is 1. The van der Waals surface area contributed by atoms with Gasteiger partial charge >= 0.3 is 5.97 Å². The minimum Gasteiger partial charge on any atom is -0.423 e. The molecule has 0 amide bonds. The molecule has 4 rings (SSSR count). The van der Waals surface area contributed by atoms with Crippen LogP contribution in [-0.4, -0.2) is 25.6 Å². The third-order valence-electron chi connectivity index (χ3n) is 3.72. The standard InChI is InChI=1S/C19H14N4O2/c1-13-21-19-20-12-11-17(23(19)22-13)14-7-9-16(10-8-14)25-18(24)15-5-3-2-4-6-15/h2-12H,1H3. The summed E-state index contributed by atoms with van der Waals surface area (Å²) in [6, 6.07) is 18.0. The van der Waals surface area contributed by atoms with Crippen molar-refractivity contribution in [2.75, 3.05) is 0 Å². The Labute approximate surface area is 143 Å². The number of ether oxygens (including phenoxy) is 1. The highest BCUT2D eigenvalue weighted by Crippen LogP contribution is 2.23. The van der Waals surface area contributed by atoms with E-state index in [-0.39, 0.29) is 5.97 Å². The third-order valence-corrected chi connectivity index (χ3v) is 3.72. The average molecular weight is 330 g/mol. The normalized spacial score (nSPS) is 10.8. The molecule has 0 saturated heterocycles. The van der Waals surface area contributed by atoms with Gasteiger partial charge in [-0.3, -0.25) is 0 Å². The van der Waals surface area contributed by atoms with Crippen LogP contribution in [0.25, 0.3) is 17.0 Å². The minimum absolute atomic E-state index is 0.383. The summed E-state index contributed by atoms with van der Waals surface area (Å²) in [5.74, 6) is 1.31. The van der Waals surface area contributed by atoms with Gasteiger partial charge in [0, 0.05) is 11.8 Å². The van der Waals surface area contributed by atoms with Crippen LogP contribution in [0.5, 0.6) is 5.75 Å². The van der Waals surface area contributed by atoms with Crippen molar-refractivity contribution in [1.29, 1.82) is 0 Å². The van der Waals surface area contributed by atoms with E-state index in [2.05, 4.69) is 15.1 Å². The summed E-state index contributed by atoms with van der Waals surface area (Å²) in [6.07, 6.45) is 1.70. The molecule has 0 spiro atoms. The Morgan fingerprint density at radius 3 is 2.52 bits per heavy atom. The molecule has 0 radical (unpaired) electrons. The van der Waals surface area contributed by atoms with Gasteiger partial charge < -0.3 is 4.74 Å². The van der Waals surface area contributed by atoms with Gasteiger partial charge in [-0.1, -0.05) is 18.2 Å². The first-order valence-electron chi connectivity index (χ1n) is 7.77. The van der Waals surface area contributed by atoms with Gasteiger partial charge in [0.05, 0.1) is 11.3 Å². The SMILES string of the molecule is Cc1nc2nccc(-c3ccc(OC(=O)c4ccccc4)cc3)n2n1. The summed E-state index contributed by atoms with van der Waals surface area (Å²) in [6.45, 7) is 1.82. The maximum atomic E-state index is 12.1. The fraction of sp³-hybridized carbons (Fsp3) is 0.0526. The van der Waals surface area contributed by atoms with Crippen LogP contribution in [0.15, 0.2) is 66.9 Å². The number of hydrogen-bond acceptors (Lipinski definition) is 5. The third kappa shape index (κ3) is 2.97. The molecule has 25 heavy (non-hydrogen) atoms. The molecule has 6 heteroatoms. The van der Waals surface area contributed by atoms with E-state index in [1.54, 1.807) is 47.1 Å². The molecule has 122 valence electrons. The predicted octanol–water partition coefficient (Wildman–Crippen LogP) is 3.32. The highest BCUT2D eigenvalue weighted by molar-refractivity contribution is 5.91. The second kappa shape index (κ2) is 6.16. The van der Waals surface area contributed by atoms with Crippen molar-refractivity contribution in [1.82, 2.24) is 19.6 Å². The number of fused-ring (bicyclic) bond motifs is 1. The highest BCUT2D eigenvalue weighted by atomic mass is 16.5. The summed E-state index contributed by atoms with van der Waals surface area (Å²) in [5.41, 5.74) is 2.31. The van der Waals surface area contributed by atoms with E-state index in [0.29, 0.717) is 22.9 Å². The summed E-state index contributed by atoms with van der Waals surface area (Å²) < 4.78 is 7.09. The quantitative estimate of drug-likeness (QED) is 0.426. The highest BCUT2D eigenvalue weighted by Gasteiger charge is 2.10. The first-order chi connectivity index (χ1) is 12.2. The molecule has 2 aromatic carbocycles. The summed E-state index contributed by atoms with van der Waals surface area (Å²) in [4.78, 5) is 20.6. The zero-order valence-corrected chi connectivity index (χ0v) is 13.5. The molecule has 0 fully saturated rings. The van der Waals surface area contributed by atoms with E-state index in [9.17, 15) is 4.79 Å². The number of nitrogens with zero attached hydrogens (tertiary/aromatic N) is 4. The van der Waals surface area contributed by atoms with E-state index < -0.39 is 0 Å². The van der Waals surface area contributed by atoms with Crippen LogP contribution in [0.4, 0.5) is 0 Å². The number of carbonyl (C=O) groups excluding carboxylic acids is 1. The number of rotatable bonds is 3. The molecule has 2 heterocycles. The van der Waals surface area contributed by atoms with Crippen molar-refractivity contribution in [2.24, 2.45) is 0 Å². The van der Waals surface area contributed by atoms with Gasteiger partial charge in [-0.25, -0.2) is 9.78 Å². The molecule has 6 nitrogen and oxygen atoms in total. The van der Waals surface area contributed by atoms with Gasteiger partial charge in [0.25, 0.3) is 5.78 Å².